The number of nitrogens with one attached hydrogen (secondary N) is 2. The highest BCUT2D eigenvalue weighted by Gasteiger charge is 2.56. The molecule has 1 heterocycles. The van der Waals surface area contributed by atoms with Crippen molar-refractivity contribution in [1.82, 2.24) is 4.98 Å². The molecule has 2 N–H and O–H groups in total. The van der Waals surface area contributed by atoms with Crippen molar-refractivity contribution >= 4 is 69.6 Å². The number of hydrogen-bond donors (Lipinski definition) is 2. The smallest absolute Gasteiger partial charge is 0.257 e. The predicted octanol–water partition coefficient (Wildman–Crippen LogP) is 4.77. The van der Waals surface area contributed by atoms with E-state index in [0.29, 0.717) is 17.8 Å². The topological polar surface area (TPSA) is 71.1 Å². The van der Waals surface area contributed by atoms with Gasteiger partial charge in [-0.05, 0) is 36.8 Å². The van der Waals surface area contributed by atoms with Crippen LogP contribution < -0.4 is 10.6 Å². The Balaban J connectivity index is 1.75. The molecule has 1 unspecified atom stereocenters. The molecule has 5 nitrogen and oxygen atoms in total. The number of amides is 2. The van der Waals surface area contributed by atoms with Crippen LogP contribution in [0.4, 0.5) is 11.4 Å². The third kappa shape index (κ3) is 4.36. The minimum absolute atomic E-state index is 0.200. The van der Waals surface area contributed by atoms with E-state index in [0.717, 1.165) is 0 Å². The van der Waals surface area contributed by atoms with Gasteiger partial charge >= 0.3 is 0 Å². The average molecular weight is 419 g/mol. The van der Waals surface area contributed by atoms with Crippen LogP contribution in [0.1, 0.15) is 16.8 Å². The molecule has 1 fully saturated rings. The van der Waals surface area contributed by atoms with Crippen molar-refractivity contribution in [3.8, 4) is 0 Å². The molecule has 0 bridgehead atoms. The number of rotatable bonds is 4. The Morgan fingerprint density at radius 1 is 1.08 bits per heavy atom. The van der Waals surface area contributed by atoms with Gasteiger partial charge in [0.1, 0.15) is 9.49 Å². The minimum Gasteiger partial charge on any atom is -0.326 e. The van der Waals surface area contributed by atoms with Crippen LogP contribution in [0.15, 0.2) is 36.5 Å². The number of anilines is 2. The van der Waals surface area contributed by atoms with E-state index in [1.54, 1.807) is 12.1 Å². The van der Waals surface area contributed by atoms with Gasteiger partial charge in [-0.3, -0.25) is 9.59 Å². The molecule has 1 aliphatic rings. The van der Waals surface area contributed by atoms with Gasteiger partial charge in [0.15, 0.2) is 0 Å². The maximum atomic E-state index is 12.4. The lowest BCUT2D eigenvalue weighted by Gasteiger charge is -2.10. The van der Waals surface area contributed by atoms with Crippen LogP contribution in [0.5, 0.6) is 0 Å². The lowest BCUT2D eigenvalue weighted by Crippen LogP contribution is -2.18. The van der Waals surface area contributed by atoms with Crippen molar-refractivity contribution in [2.24, 2.45) is 5.92 Å². The van der Waals surface area contributed by atoms with Gasteiger partial charge < -0.3 is 10.6 Å². The quantitative estimate of drug-likeness (QED) is 0.554. The number of alkyl halides is 2. The van der Waals surface area contributed by atoms with Gasteiger partial charge in [-0.1, -0.05) is 23.2 Å². The van der Waals surface area contributed by atoms with Crippen molar-refractivity contribution < 1.29 is 9.59 Å². The first-order valence-corrected chi connectivity index (χ1v) is 8.68. The van der Waals surface area contributed by atoms with E-state index in [4.69, 9.17) is 46.4 Å². The first-order chi connectivity index (χ1) is 11.8. The summed E-state index contributed by atoms with van der Waals surface area (Å²) in [5, 5.41) is 5.83. The van der Waals surface area contributed by atoms with E-state index in [-0.39, 0.29) is 21.6 Å². The Kier molecular flexibility index (Phi) is 5.11. The number of aromatic nitrogens is 1. The molecule has 0 aliphatic heterocycles. The summed E-state index contributed by atoms with van der Waals surface area (Å²) in [5.41, 5.74) is 1.09. The summed E-state index contributed by atoms with van der Waals surface area (Å²) in [4.78, 5) is 28.3. The van der Waals surface area contributed by atoms with Gasteiger partial charge in [-0.2, -0.15) is 0 Å². The Bertz CT molecular complexity index is 857. The maximum Gasteiger partial charge on any atom is 0.257 e. The number of nitrogens with zero attached hydrogens (tertiary/aromatic N) is 1. The zero-order valence-electron chi connectivity index (χ0n) is 12.5. The van der Waals surface area contributed by atoms with Gasteiger partial charge in [-0.15, -0.1) is 23.2 Å². The summed E-state index contributed by atoms with van der Waals surface area (Å²) in [6, 6.07) is 7.69. The van der Waals surface area contributed by atoms with Crippen molar-refractivity contribution in [3.63, 3.8) is 0 Å². The van der Waals surface area contributed by atoms with Crippen LogP contribution in [-0.4, -0.2) is 21.1 Å². The molecule has 1 saturated carbocycles. The largest absolute Gasteiger partial charge is 0.326 e. The van der Waals surface area contributed by atoms with Crippen LogP contribution in [0.25, 0.3) is 0 Å². The summed E-state index contributed by atoms with van der Waals surface area (Å²) in [6.07, 6.45) is 1.86. The Morgan fingerprint density at radius 2 is 1.76 bits per heavy atom. The molecule has 3 rings (SSSR count). The summed E-state index contributed by atoms with van der Waals surface area (Å²) >= 11 is 23.6. The second-order valence-corrected chi connectivity index (χ2v) is 7.86. The van der Waals surface area contributed by atoms with Crippen LogP contribution in [0.3, 0.4) is 0 Å². The molecule has 0 radical (unpaired) electrons. The number of carbonyl (C=O) groups is 2. The average Bonchev–Trinajstić information content (AvgIpc) is 3.18. The monoisotopic (exact) mass is 417 g/mol. The Labute approximate surface area is 163 Å². The second-order valence-electron chi connectivity index (χ2n) is 5.52. The standard InChI is InChI=1S/C16H11Cl4N3O2/c17-12-2-1-8(23-15(25)11-7-16(11,19)20)5-10(12)14(24)22-9-3-4-21-13(18)6-9/h1-6,11H,7H2,(H,23,25)(H,21,22,24). The first kappa shape index (κ1) is 18.3. The summed E-state index contributed by atoms with van der Waals surface area (Å²) in [7, 11) is 0. The van der Waals surface area contributed by atoms with Crippen LogP contribution in [0.2, 0.25) is 10.2 Å². The molecule has 1 aromatic heterocycles. The number of carbonyl (C=O) groups excluding carboxylic acids is 2. The zero-order valence-corrected chi connectivity index (χ0v) is 15.5. The fraction of sp³-hybridized carbons (Fsp3) is 0.188. The molecular formula is C16H11Cl4N3O2. The number of pyridine rings is 1. The van der Waals surface area contributed by atoms with E-state index in [9.17, 15) is 9.59 Å². The van der Waals surface area contributed by atoms with Gasteiger partial charge in [-0.25, -0.2) is 4.98 Å². The zero-order chi connectivity index (χ0) is 18.2. The molecule has 0 spiro atoms. The third-order valence-corrected chi connectivity index (χ3v) is 4.98. The maximum absolute atomic E-state index is 12.4. The van der Waals surface area contributed by atoms with Crippen molar-refractivity contribution in [2.45, 2.75) is 10.8 Å². The Hall–Kier alpha value is -1.53. The van der Waals surface area contributed by atoms with Crippen molar-refractivity contribution in [1.29, 1.82) is 0 Å². The molecule has 9 heteroatoms. The van der Waals surface area contributed by atoms with E-state index in [1.165, 1.54) is 24.4 Å². The number of hydrogen-bond acceptors (Lipinski definition) is 3. The van der Waals surface area contributed by atoms with E-state index < -0.39 is 16.2 Å². The van der Waals surface area contributed by atoms with Gasteiger partial charge in [0.2, 0.25) is 5.91 Å². The van der Waals surface area contributed by atoms with E-state index in [2.05, 4.69) is 15.6 Å². The highest BCUT2D eigenvalue weighted by molar-refractivity contribution is 6.52. The number of benzene rings is 1. The van der Waals surface area contributed by atoms with E-state index >= 15 is 0 Å². The van der Waals surface area contributed by atoms with Crippen molar-refractivity contribution in [3.05, 3.63) is 52.3 Å². The van der Waals surface area contributed by atoms with E-state index in [1.807, 2.05) is 0 Å². The van der Waals surface area contributed by atoms with Crippen LogP contribution in [0, 0.1) is 5.92 Å². The highest BCUT2D eigenvalue weighted by atomic mass is 35.5. The Morgan fingerprint density at radius 3 is 2.40 bits per heavy atom. The van der Waals surface area contributed by atoms with Crippen molar-refractivity contribution in [2.75, 3.05) is 10.6 Å². The summed E-state index contributed by atoms with van der Waals surface area (Å²) in [6.45, 7) is 0. The molecule has 0 saturated heterocycles. The molecule has 130 valence electrons. The SMILES string of the molecule is O=C(Nc1ccnc(Cl)c1)c1cc(NC(=O)C2CC2(Cl)Cl)ccc1Cl. The second kappa shape index (κ2) is 7.00. The van der Waals surface area contributed by atoms with Crippen LogP contribution in [-0.2, 0) is 4.79 Å². The fourth-order valence-electron chi connectivity index (χ4n) is 2.18. The number of halogens is 4. The van der Waals surface area contributed by atoms with Crippen LogP contribution >= 0.6 is 46.4 Å². The molecule has 25 heavy (non-hydrogen) atoms. The molecule has 1 aliphatic carbocycles. The predicted molar refractivity (Wildman–Crippen MR) is 99.8 cm³/mol. The summed E-state index contributed by atoms with van der Waals surface area (Å²) in [5.74, 6) is -1.22. The fourth-order valence-corrected chi connectivity index (χ4v) is 3.07. The first-order valence-electron chi connectivity index (χ1n) is 7.17. The minimum atomic E-state index is -1.02. The van der Waals surface area contributed by atoms with Gasteiger partial charge in [0.05, 0.1) is 16.5 Å². The molecule has 1 aromatic carbocycles. The lowest BCUT2D eigenvalue weighted by atomic mass is 10.1. The lowest BCUT2D eigenvalue weighted by molar-refractivity contribution is -0.117. The molecule has 2 amide bonds. The van der Waals surface area contributed by atoms with Gasteiger partial charge in [0, 0.05) is 17.6 Å². The third-order valence-electron chi connectivity index (χ3n) is 3.61. The van der Waals surface area contributed by atoms with Gasteiger partial charge in [0.25, 0.3) is 5.91 Å². The molecule has 1 atom stereocenters. The highest BCUT2D eigenvalue weighted by Crippen LogP contribution is 2.53. The molecule has 2 aromatic rings. The normalized spacial score (nSPS) is 17.7. The molecular weight excluding hydrogens is 408 g/mol. The summed E-state index contributed by atoms with van der Waals surface area (Å²) < 4.78 is -1.02.